The van der Waals surface area contributed by atoms with Crippen LogP contribution in [0.15, 0.2) is 120 Å². The summed E-state index contributed by atoms with van der Waals surface area (Å²) in [6.07, 6.45) is -4.24. The maximum Gasteiger partial charge on any atom is 0.422 e. The molecule has 0 bridgehead atoms. The summed E-state index contributed by atoms with van der Waals surface area (Å²) < 4.78 is 94.9. The second kappa shape index (κ2) is 15.8. The van der Waals surface area contributed by atoms with Gasteiger partial charge in [-0.3, -0.25) is 14.4 Å². The van der Waals surface area contributed by atoms with Gasteiger partial charge in [-0.1, -0.05) is 78.9 Å². The summed E-state index contributed by atoms with van der Waals surface area (Å²) in [5.41, 5.74) is -1.54. The molecule has 5 rings (SSSR count). The monoisotopic (exact) mass is 723 g/mol. The third kappa shape index (κ3) is 9.02. The van der Waals surface area contributed by atoms with Crippen LogP contribution in [-0.2, 0) is 15.8 Å². The van der Waals surface area contributed by atoms with Gasteiger partial charge in [0.25, 0.3) is 11.8 Å². The first-order chi connectivity index (χ1) is 24.3. The molecule has 3 amide bonds. The van der Waals surface area contributed by atoms with Crippen LogP contribution in [-0.4, -0.2) is 23.5 Å². The molecular formula is C37H24F7N3O3S. The number of thioether (sulfide) groups is 1. The van der Waals surface area contributed by atoms with Gasteiger partial charge in [0.2, 0.25) is 5.91 Å². The van der Waals surface area contributed by atoms with Crippen LogP contribution in [0.3, 0.4) is 0 Å². The summed E-state index contributed by atoms with van der Waals surface area (Å²) in [5.74, 6) is -13.3. The number of rotatable bonds is 10. The van der Waals surface area contributed by atoms with Gasteiger partial charge in [0, 0.05) is 16.1 Å². The summed E-state index contributed by atoms with van der Waals surface area (Å²) in [6, 6.07) is 31.0. The van der Waals surface area contributed by atoms with E-state index in [0.717, 1.165) is 22.9 Å². The summed E-state index contributed by atoms with van der Waals surface area (Å²) in [5, 5.41) is 6.85. The van der Waals surface area contributed by atoms with Crippen molar-refractivity contribution in [1.82, 2.24) is 5.32 Å². The number of halogens is 7. The summed E-state index contributed by atoms with van der Waals surface area (Å²) >= 11 is 0.775. The molecule has 260 valence electrons. The first-order valence-corrected chi connectivity index (χ1v) is 15.8. The van der Waals surface area contributed by atoms with Crippen molar-refractivity contribution in [2.45, 2.75) is 11.1 Å². The maximum absolute atomic E-state index is 14.2. The van der Waals surface area contributed by atoms with Crippen molar-refractivity contribution in [1.29, 1.82) is 0 Å². The number of alkyl halides is 3. The van der Waals surface area contributed by atoms with Gasteiger partial charge in [-0.15, -0.1) is 11.8 Å². The Labute approximate surface area is 290 Å². The third-order valence-corrected chi connectivity index (χ3v) is 8.12. The van der Waals surface area contributed by atoms with Gasteiger partial charge >= 0.3 is 6.18 Å². The Morgan fingerprint density at radius 3 is 1.86 bits per heavy atom. The van der Waals surface area contributed by atoms with E-state index in [4.69, 9.17) is 0 Å². The molecule has 0 aliphatic carbocycles. The molecular weight excluding hydrogens is 699 g/mol. The minimum atomic E-state index is -5.73. The van der Waals surface area contributed by atoms with Crippen LogP contribution in [0.5, 0.6) is 0 Å². The SMILES string of the molecule is O=C(CSc1cccc(NC(=O)/C(=C\c2ccc(-c3ccccc3)cc2)NC(=O)c2ccccc2)c1)Nc1c(F)c(F)c(C(F)(F)F)c(F)c1F. The van der Waals surface area contributed by atoms with Gasteiger partial charge in [-0.25, -0.2) is 17.6 Å². The molecule has 0 unspecified atom stereocenters. The van der Waals surface area contributed by atoms with Crippen molar-refractivity contribution in [2.75, 3.05) is 16.4 Å². The number of carbonyl (C=O) groups is 3. The van der Waals surface area contributed by atoms with Crippen LogP contribution in [0.4, 0.5) is 42.1 Å². The number of hydrogen-bond donors (Lipinski definition) is 3. The Kier molecular flexibility index (Phi) is 11.2. The van der Waals surface area contributed by atoms with Crippen molar-refractivity contribution < 1.29 is 45.1 Å². The number of nitrogens with one attached hydrogen (secondary N) is 3. The van der Waals surface area contributed by atoms with Crippen molar-refractivity contribution in [3.63, 3.8) is 0 Å². The lowest BCUT2D eigenvalue weighted by atomic mass is 10.0. The summed E-state index contributed by atoms with van der Waals surface area (Å²) in [6.45, 7) is 0. The number of anilines is 2. The fourth-order valence-corrected chi connectivity index (χ4v) is 5.44. The van der Waals surface area contributed by atoms with Crippen molar-refractivity contribution in [2.24, 2.45) is 0 Å². The highest BCUT2D eigenvalue weighted by atomic mass is 32.2. The number of benzene rings is 5. The molecule has 0 atom stereocenters. The smallest absolute Gasteiger partial charge is 0.321 e. The lowest BCUT2D eigenvalue weighted by Gasteiger charge is -2.14. The predicted octanol–water partition coefficient (Wildman–Crippen LogP) is 9.07. The van der Waals surface area contributed by atoms with E-state index in [1.54, 1.807) is 47.8 Å². The molecule has 0 radical (unpaired) electrons. The lowest BCUT2D eigenvalue weighted by Crippen LogP contribution is -2.30. The Morgan fingerprint density at radius 1 is 0.667 bits per heavy atom. The minimum Gasteiger partial charge on any atom is -0.321 e. The van der Waals surface area contributed by atoms with Crippen LogP contribution in [0.1, 0.15) is 21.5 Å². The van der Waals surface area contributed by atoms with E-state index >= 15 is 0 Å². The Bertz CT molecular complexity index is 2080. The van der Waals surface area contributed by atoms with E-state index in [-0.39, 0.29) is 11.4 Å². The fourth-order valence-electron chi connectivity index (χ4n) is 4.69. The Morgan fingerprint density at radius 2 is 1.25 bits per heavy atom. The average Bonchev–Trinajstić information content (AvgIpc) is 3.12. The van der Waals surface area contributed by atoms with Gasteiger partial charge in [-0.05, 0) is 53.1 Å². The van der Waals surface area contributed by atoms with E-state index in [2.05, 4.69) is 10.6 Å². The molecule has 5 aromatic rings. The molecule has 5 aromatic carbocycles. The van der Waals surface area contributed by atoms with Gasteiger partial charge in [0.1, 0.15) is 16.9 Å². The Hall–Kier alpha value is -5.89. The molecule has 0 aromatic heterocycles. The third-order valence-electron chi connectivity index (χ3n) is 7.13. The lowest BCUT2D eigenvalue weighted by molar-refractivity contribution is -0.143. The molecule has 3 N–H and O–H groups in total. The molecule has 6 nitrogen and oxygen atoms in total. The van der Waals surface area contributed by atoms with E-state index in [1.807, 2.05) is 42.5 Å². The van der Waals surface area contributed by atoms with Gasteiger partial charge in [-0.2, -0.15) is 13.2 Å². The topological polar surface area (TPSA) is 87.3 Å². The molecule has 51 heavy (non-hydrogen) atoms. The van der Waals surface area contributed by atoms with Crippen molar-refractivity contribution in [3.05, 3.63) is 155 Å². The van der Waals surface area contributed by atoms with Crippen LogP contribution in [0, 0.1) is 23.3 Å². The second-order valence-electron chi connectivity index (χ2n) is 10.7. The normalized spacial score (nSPS) is 11.5. The minimum absolute atomic E-state index is 0.103. The van der Waals surface area contributed by atoms with Crippen LogP contribution in [0.2, 0.25) is 0 Å². The van der Waals surface area contributed by atoms with Crippen molar-refractivity contribution in [3.8, 4) is 11.1 Å². The number of hydrogen-bond acceptors (Lipinski definition) is 4. The standard InChI is InChI=1S/C37H24F7N3O3S/c38-30-29(37(42,43)44)31(39)33(41)34(32(30)40)47-28(48)20-51-26-13-7-12-25(19-26)45-36(50)27(46-35(49)24-10-5-2-6-11-24)18-21-14-16-23(17-15-21)22-8-3-1-4-9-22/h1-19H,20H2,(H,45,50)(H,46,49)(H,47,48)/b27-18+. The van der Waals surface area contributed by atoms with Gasteiger partial charge < -0.3 is 16.0 Å². The fraction of sp³-hybridized carbons (Fsp3) is 0.0541. The van der Waals surface area contributed by atoms with E-state index in [0.29, 0.717) is 16.0 Å². The first-order valence-electron chi connectivity index (χ1n) is 14.8. The predicted molar refractivity (Wildman–Crippen MR) is 179 cm³/mol. The molecule has 0 aliphatic rings. The first kappa shape index (κ1) is 36.4. The quantitative estimate of drug-likeness (QED) is 0.0581. The molecule has 0 saturated carbocycles. The maximum atomic E-state index is 14.2. The van der Waals surface area contributed by atoms with Gasteiger partial charge in [0.15, 0.2) is 23.3 Å². The molecule has 0 spiro atoms. The molecule has 0 heterocycles. The second-order valence-corrected chi connectivity index (χ2v) is 11.7. The van der Waals surface area contributed by atoms with Gasteiger partial charge in [0.05, 0.1) is 5.75 Å². The zero-order valence-electron chi connectivity index (χ0n) is 26.0. The molecule has 14 heteroatoms. The van der Waals surface area contributed by atoms with E-state index in [9.17, 15) is 45.1 Å². The largest absolute Gasteiger partial charge is 0.422 e. The number of carbonyl (C=O) groups excluding carboxylic acids is 3. The highest BCUT2D eigenvalue weighted by molar-refractivity contribution is 8.00. The highest BCUT2D eigenvalue weighted by Crippen LogP contribution is 2.38. The van der Waals surface area contributed by atoms with E-state index < -0.39 is 64.2 Å². The van der Waals surface area contributed by atoms with E-state index in [1.165, 1.54) is 30.3 Å². The van der Waals surface area contributed by atoms with Crippen LogP contribution >= 0.6 is 11.8 Å². The molecule has 0 fully saturated rings. The number of amides is 3. The summed E-state index contributed by atoms with van der Waals surface area (Å²) in [7, 11) is 0. The Balaban J connectivity index is 1.30. The van der Waals surface area contributed by atoms with Crippen molar-refractivity contribution >= 4 is 46.9 Å². The average molecular weight is 724 g/mol. The zero-order valence-corrected chi connectivity index (χ0v) is 26.8. The highest BCUT2D eigenvalue weighted by Gasteiger charge is 2.42. The molecule has 0 saturated heterocycles. The van der Waals surface area contributed by atoms with Crippen LogP contribution in [0.25, 0.3) is 17.2 Å². The zero-order chi connectivity index (χ0) is 36.7. The van der Waals surface area contributed by atoms with Crippen LogP contribution < -0.4 is 16.0 Å². The molecule has 0 aliphatic heterocycles. The summed E-state index contributed by atoms with van der Waals surface area (Å²) in [4.78, 5) is 39.2.